The molecule has 0 aromatic carbocycles. The molecule has 0 aliphatic carbocycles. The Kier molecular flexibility index (Phi) is 10.8. The van der Waals surface area contributed by atoms with Crippen LogP contribution in [0.5, 0.6) is 0 Å². The van der Waals surface area contributed by atoms with Crippen molar-refractivity contribution in [3.05, 3.63) is 0 Å². The molecule has 0 saturated heterocycles. The standard InChI is InChI=1S/C11H22F3N3OS/c1-3-15-10(17-6-8-19-2)16-5-4-7-18-9-11(12,13)14/h3-9H2,1-2H3,(H2,15,16,17). The quantitative estimate of drug-likeness (QED) is 0.388. The average molecular weight is 301 g/mol. The molecule has 0 rings (SSSR count). The van der Waals surface area contributed by atoms with Crippen LogP contribution in [-0.2, 0) is 4.74 Å². The minimum atomic E-state index is -4.25. The minimum Gasteiger partial charge on any atom is -0.372 e. The molecule has 0 aliphatic heterocycles. The molecule has 0 aliphatic rings. The van der Waals surface area contributed by atoms with E-state index in [2.05, 4.69) is 20.4 Å². The molecule has 114 valence electrons. The van der Waals surface area contributed by atoms with Crippen molar-refractivity contribution in [1.29, 1.82) is 0 Å². The molecule has 0 atom stereocenters. The van der Waals surface area contributed by atoms with E-state index < -0.39 is 12.8 Å². The van der Waals surface area contributed by atoms with Gasteiger partial charge in [-0.05, 0) is 19.6 Å². The van der Waals surface area contributed by atoms with Gasteiger partial charge in [-0.25, -0.2) is 0 Å². The molecule has 0 aromatic rings. The van der Waals surface area contributed by atoms with Crippen LogP contribution in [0.1, 0.15) is 13.3 Å². The lowest BCUT2D eigenvalue weighted by Gasteiger charge is -2.10. The first-order chi connectivity index (χ1) is 8.99. The maximum absolute atomic E-state index is 11.8. The lowest BCUT2D eigenvalue weighted by atomic mass is 10.4. The van der Waals surface area contributed by atoms with Gasteiger partial charge in [-0.3, -0.25) is 4.99 Å². The highest BCUT2D eigenvalue weighted by atomic mass is 32.2. The first-order valence-corrected chi connectivity index (χ1v) is 7.54. The summed E-state index contributed by atoms with van der Waals surface area (Å²) in [5, 5.41) is 6.20. The largest absolute Gasteiger partial charge is 0.411 e. The molecule has 0 amide bonds. The van der Waals surface area contributed by atoms with Crippen molar-refractivity contribution in [2.24, 2.45) is 4.99 Å². The Hall–Kier alpha value is -0.630. The first-order valence-electron chi connectivity index (χ1n) is 6.15. The number of alkyl halides is 3. The molecule has 0 aromatic heterocycles. The van der Waals surface area contributed by atoms with Crippen LogP contribution in [0.3, 0.4) is 0 Å². The molecule has 2 N–H and O–H groups in total. The summed E-state index contributed by atoms with van der Waals surface area (Å²) in [6.45, 7) is 2.81. The Morgan fingerprint density at radius 2 is 2.05 bits per heavy atom. The van der Waals surface area contributed by atoms with Gasteiger partial charge < -0.3 is 15.4 Å². The fourth-order valence-corrected chi connectivity index (χ4v) is 1.46. The number of nitrogens with zero attached hydrogens (tertiary/aromatic N) is 1. The van der Waals surface area contributed by atoms with Crippen molar-refractivity contribution in [2.75, 3.05) is 44.9 Å². The summed E-state index contributed by atoms with van der Waals surface area (Å²) in [6.07, 6.45) is -1.77. The SMILES string of the molecule is CCNC(=NCCCOCC(F)(F)F)NCCSC. The Morgan fingerprint density at radius 3 is 2.63 bits per heavy atom. The fourth-order valence-electron chi connectivity index (χ4n) is 1.16. The molecular formula is C11H22F3N3OS. The summed E-state index contributed by atoms with van der Waals surface area (Å²) in [4.78, 5) is 4.24. The Balaban J connectivity index is 3.72. The summed E-state index contributed by atoms with van der Waals surface area (Å²) in [7, 11) is 0. The van der Waals surface area contributed by atoms with Crippen LogP contribution in [0, 0.1) is 0 Å². The Bertz CT molecular complexity index is 250. The highest BCUT2D eigenvalue weighted by Crippen LogP contribution is 2.14. The highest BCUT2D eigenvalue weighted by Gasteiger charge is 2.27. The second-order valence-corrected chi connectivity index (χ2v) is 4.69. The van der Waals surface area contributed by atoms with Gasteiger partial charge in [0.25, 0.3) is 0 Å². The third-order valence-electron chi connectivity index (χ3n) is 1.93. The van der Waals surface area contributed by atoms with Gasteiger partial charge in [0.05, 0.1) is 0 Å². The summed E-state index contributed by atoms with van der Waals surface area (Å²) in [5.41, 5.74) is 0. The Morgan fingerprint density at radius 1 is 1.32 bits per heavy atom. The van der Waals surface area contributed by atoms with E-state index in [4.69, 9.17) is 0 Å². The lowest BCUT2D eigenvalue weighted by molar-refractivity contribution is -0.173. The van der Waals surface area contributed by atoms with E-state index in [0.717, 1.165) is 18.8 Å². The number of aliphatic imine (C=N–C) groups is 1. The third-order valence-corrected chi connectivity index (χ3v) is 2.54. The number of rotatable bonds is 9. The predicted molar refractivity (Wildman–Crippen MR) is 73.9 cm³/mol. The molecule has 0 saturated carbocycles. The van der Waals surface area contributed by atoms with Crippen molar-refractivity contribution >= 4 is 17.7 Å². The average Bonchev–Trinajstić information content (AvgIpc) is 2.32. The molecule has 0 radical (unpaired) electrons. The molecular weight excluding hydrogens is 279 g/mol. The summed E-state index contributed by atoms with van der Waals surface area (Å²) in [5.74, 6) is 1.66. The van der Waals surface area contributed by atoms with Gasteiger partial charge in [-0.1, -0.05) is 0 Å². The van der Waals surface area contributed by atoms with Crippen molar-refractivity contribution in [3.8, 4) is 0 Å². The van der Waals surface area contributed by atoms with Gasteiger partial charge in [-0.15, -0.1) is 0 Å². The van der Waals surface area contributed by atoms with Crippen LogP contribution < -0.4 is 10.6 Å². The molecule has 0 fully saturated rings. The van der Waals surface area contributed by atoms with Crippen molar-refractivity contribution in [2.45, 2.75) is 19.5 Å². The molecule has 0 heterocycles. The van der Waals surface area contributed by atoms with E-state index in [1.807, 2.05) is 13.2 Å². The second-order valence-electron chi connectivity index (χ2n) is 3.70. The van der Waals surface area contributed by atoms with E-state index in [1.54, 1.807) is 11.8 Å². The van der Waals surface area contributed by atoms with E-state index in [1.165, 1.54) is 0 Å². The fraction of sp³-hybridized carbons (Fsp3) is 0.909. The topological polar surface area (TPSA) is 45.7 Å². The lowest BCUT2D eigenvalue weighted by Crippen LogP contribution is -2.38. The van der Waals surface area contributed by atoms with E-state index in [0.29, 0.717) is 18.9 Å². The zero-order valence-electron chi connectivity index (χ0n) is 11.3. The van der Waals surface area contributed by atoms with Crippen LogP contribution >= 0.6 is 11.8 Å². The second kappa shape index (κ2) is 11.2. The number of nitrogens with one attached hydrogen (secondary N) is 2. The van der Waals surface area contributed by atoms with Crippen LogP contribution in [0.2, 0.25) is 0 Å². The normalized spacial score (nSPS) is 12.6. The van der Waals surface area contributed by atoms with Crippen LogP contribution in [0.4, 0.5) is 13.2 Å². The molecule has 4 nitrogen and oxygen atoms in total. The number of hydrogen-bond donors (Lipinski definition) is 2. The van der Waals surface area contributed by atoms with Gasteiger partial charge in [-0.2, -0.15) is 24.9 Å². The molecule has 0 spiro atoms. The first kappa shape index (κ1) is 18.4. The number of ether oxygens (including phenoxy) is 1. The Labute approximate surface area is 116 Å². The molecule has 0 bridgehead atoms. The summed E-state index contributed by atoms with van der Waals surface area (Å²) >= 11 is 1.73. The van der Waals surface area contributed by atoms with E-state index >= 15 is 0 Å². The van der Waals surface area contributed by atoms with E-state index in [9.17, 15) is 13.2 Å². The maximum atomic E-state index is 11.8. The number of guanidine groups is 1. The van der Waals surface area contributed by atoms with Crippen molar-refractivity contribution < 1.29 is 17.9 Å². The van der Waals surface area contributed by atoms with Crippen molar-refractivity contribution in [3.63, 3.8) is 0 Å². The summed E-state index contributed by atoms with van der Waals surface area (Å²) < 4.78 is 39.9. The third kappa shape index (κ3) is 13.6. The van der Waals surface area contributed by atoms with Crippen LogP contribution in [0.25, 0.3) is 0 Å². The zero-order chi connectivity index (χ0) is 14.6. The van der Waals surface area contributed by atoms with Gasteiger partial charge in [0.15, 0.2) is 5.96 Å². The zero-order valence-corrected chi connectivity index (χ0v) is 12.2. The predicted octanol–water partition coefficient (Wildman–Crippen LogP) is 1.87. The van der Waals surface area contributed by atoms with Gasteiger partial charge >= 0.3 is 6.18 Å². The number of hydrogen-bond acceptors (Lipinski definition) is 3. The molecule has 8 heteroatoms. The highest BCUT2D eigenvalue weighted by molar-refractivity contribution is 7.98. The van der Waals surface area contributed by atoms with Crippen LogP contribution in [0.15, 0.2) is 4.99 Å². The molecule has 19 heavy (non-hydrogen) atoms. The molecule has 0 unspecified atom stereocenters. The smallest absolute Gasteiger partial charge is 0.372 e. The number of thioether (sulfide) groups is 1. The van der Waals surface area contributed by atoms with Crippen LogP contribution in [-0.4, -0.2) is 57.0 Å². The van der Waals surface area contributed by atoms with E-state index in [-0.39, 0.29) is 6.61 Å². The summed E-state index contributed by atoms with van der Waals surface area (Å²) in [6, 6.07) is 0. The van der Waals surface area contributed by atoms with Crippen molar-refractivity contribution in [1.82, 2.24) is 10.6 Å². The maximum Gasteiger partial charge on any atom is 0.411 e. The number of halogens is 3. The van der Waals surface area contributed by atoms with Gasteiger partial charge in [0.1, 0.15) is 6.61 Å². The van der Waals surface area contributed by atoms with Gasteiger partial charge in [0.2, 0.25) is 0 Å². The van der Waals surface area contributed by atoms with Gasteiger partial charge in [0, 0.05) is 32.0 Å². The monoisotopic (exact) mass is 301 g/mol. The minimum absolute atomic E-state index is 0.0627.